The summed E-state index contributed by atoms with van der Waals surface area (Å²) in [6, 6.07) is 10.1. The number of likely N-dealkylation sites (tertiary alicyclic amines) is 1. The summed E-state index contributed by atoms with van der Waals surface area (Å²) in [6.07, 6.45) is 1.86. The minimum Gasteiger partial charge on any atom is -0.392 e. The normalized spacial score (nSPS) is 28.7. The van der Waals surface area contributed by atoms with Crippen LogP contribution in [0.5, 0.6) is 0 Å². The standard InChI is InChI=1S/C18H26N2O3/c21-16-7-10-20(14-18(16)8-4-9-19-17(18)22)11-12-23-13-15-5-2-1-3-6-15/h1-3,5-6,16,21H,4,7-14H2,(H,19,22)/t16-,18-/m1/s1. The number of benzene rings is 1. The van der Waals surface area contributed by atoms with Crippen LogP contribution in [0.25, 0.3) is 0 Å². The number of nitrogens with zero attached hydrogens (tertiary/aromatic N) is 1. The zero-order chi connectivity index (χ0) is 16.1. The maximum absolute atomic E-state index is 12.3. The van der Waals surface area contributed by atoms with E-state index < -0.39 is 11.5 Å². The van der Waals surface area contributed by atoms with Crippen molar-refractivity contribution in [2.75, 3.05) is 32.8 Å². The molecule has 2 saturated heterocycles. The lowest BCUT2D eigenvalue weighted by Gasteiger charge is -2.46. The highest BCUT2D eigenvalue weighted by Crippen LogP contribution is 2.37. The van der Waals surface area contributed by atoms with E-state index in [1.54, 1.807) is 0 Å². The van der Waals surface area contributed by atoms with Gasteiger partial charge in [0.05, 0.1) is 24.7 Å². The first-order chi connectivity index (χ1) is 11.2. The SMILES string of the molecule is O=C1NCCC[C@]12CN(CCOCc1ccccc1)CC[C@H]2O. The molecule has 1 aromatic rings. The third-order valence-electron chi connectivity index (χ3n) is 5.06. The fourth-order valence-electron chi connectivity index (χ4n) is 3.68. The van der Waals surface area contributed by atoms with Crippen LogP contribution in [-0.2, 0) is 16.1 Å². The van der Waals surface area contributed by atoms with Gasteiger partial charge in [0, 0.05) is 26.2 Å². The number of amides is 1. The highest BCUT2D eigenvalue weighted by atomic mass is 16.5. The molecule has 2 fully saturated rings. The van der Waals surface area contributed by atoms with Crippen LogP contribution in [-0.4, -0.2) is 54.8 Å². The van der Waals surface area contributed by atoms with E-state index in [0.717, 1.165) is 32.5 Å². The van der Waals surface area contributed by atoms with Crippen LogP contribution in [0, 0.1) is 5.41 Å². The largest absolute Gasteiger partial charge is 0.392 e. The van der Waals surface area contributed by atoms with Crippen molar-refractivity contribution in [3.05, 3.63) is 35.9 Å². The Morgan fingerprint density at radius 1 is 1.35 bits per heavy atom. The average molecular weight is 318 g/mol. The Labute approximate surface area is 137 Å². The molecule has 1 aromatic carbocycles. The Balaban J connectivity index is 1.48. The van der Waals surface area contributed by atoms with E-state index in [-0.39, 0.29) is 5.91 Å². The summed E-state index contributed by atoms with van der Waals surface area (Å²) in [4.78, 5) is 14.6. The van der Waals surface area contributed by atoms with Crippen LogP contribution in [0.2, 0.25) is 0 Å². The molecule has 0 bridgehead atoms. The Morgan fingerprint density at radius 2 is 2.17 bits per heavy atom. The van der Waals surface area contributed by atoms with Crippen LogP contribution in [0.15, 0.2) is 30.3 Å². The topological polar surface area (TPSA) is 61.8 Å². The van der Waals surface area contributed by atoms with Gasteiger partial charge in [-0.2, -0.15) is 0 Å². The number of hydrogen-bond acceptors (Lipinski definition) is 4. The van der Waals surface area contributed by atoms with Gasteiger partial charge in [-0.15, -0.1) is 0 Å². The Kier molecular flexibility index (Phi) is 5.30. The monoisotopic (exact) mass is 318 g/mol. The number of ether oxygens (including phenoxy) is 1. The van der Waals surface area contributed by atoms with E-state index in [0.29, 0.717) is 26.2 Å². The van der Waals surface area contributed by atoms with E-state index in [1.807, 2.05) is 18.2 Å². The summed E-state index contributed by atoms with van der Waals surface area (Å²) < 4.78 is 5.75. The van der Waals surface area contributed by atoms with Crippen LogP contribution in [0.1, 0.15) is 24.8 Å². The van der Waals surface area contributed by atoms with Gasteiger partial charge in [0.2, 0.25) is 5.91 Å². The number of carbonyl (C=O) groups excluding carboxylic acids is 1. The number of carbonyl (C=O) groups is 1. The highest BCUT2D eigenvalue weighted by Gasteiger charge is 2.49. The second kappa shape index (κ2) is 7.43. The zero-order valence-corrected chi connectivity index (χ0v) is 13.5. The van der Waals surface area contributed by atoms with E-state index in [1.165, 1.54) is 5.56 Å². The van der Waals surface area contributed by atoms with E-state index in [4.69, 9.17) is 4.74 Å². The van der Waals surface area contributed by atoms with E-state index >= 15 is 0 Å². The molecule has 2 N–H and O–H groups in total. The predicted molar refractivity (Wildman–Crippen MR) is 87.8 cm³/mol. The molecule has 1 spiro atoms. The van der Waals surface area contributed by atoms with Crippen LogP contribution in [0.3, 0.4) is 0 Å². The summed E-state index contributed by atoms with van der Waals surface area (Å²) >= 11 is 0. The van der Waals surface area contributed by atoms with Crippen LogP contribution in [0.4, 0.5) is 0 Å². The molecule has 5 nitrogen and oxygen atoms in total. The number of aliphatic hydroxyl groups is 1. The third-order valence-corrected chi connectivity index (χ3v) is 5.06. The first-order valence-corrected chi connectivity index (χ1v) is 8.51. The highest BCUT2D eigenvalue weighted by molar-refractivity contribution is 5.84. The smallest absolute Gasteiger partial charge is 0.230 e. The van der Waals surface area contributed by atoms with Crippen molar-refractivity contribution in [1.82, 2.24) is 10.2 Å². The quantitative estimate of drug-likeness (QED) is 0.800. The summed E-state index contributed by atoms with van der Waals surface area (Å²) in [5.74, 6) is 0.0196. The maximum atomic E-state index is 12.3. The molecule has 2 aliphatic heterocycles. The summed E-state index contributed by atoms with van der Waals surface area (Å²) in [7, 11) is 0. The van der Waals surface area contributed by atoms with Crippen molar-refractivity contribution in [2.24, 2.45) is 5.41 Å². The first kappa shape index (κ1) is 16.4. The van der Waals surface area contributed by atoms with Gasteiger partial charge >= 0.3 is 0 Å². The van der Waals surface area contributed by atoms with Gasteiger partial charge in [-0.25, -0.2) is 0 Å². The molecule has 0 saturated carbocycles. The van der Waals surface area contributed by atoms with Crippen molar-refractivity contribution in [3.63, 3.8) is 0 Å². The van der Waals surface area contributed by atoms with Crippen molar-refractivity contribution in [2.45, 2.75) is 32.0 Å². The Bertz CT molecular complexity index is 522. The average Bonchev–Trinajstić information content (AvgIpc) is 2.58. The summed E-state index contributed by atoms with van der Waals surface area (Å²) in [5, 5.41) is 13.3. The van der Waals surface area contributed by atoms with Gasteiger partial charge in [-0.3, -0.25) is 9.69 Å². The van der Waals surface area contributed by atoms with E-state index in [9.17, 15) is 9.90 Å². The van der Waals surface area contributed by atoms with Gasteiger partial charge in [0.25, 0.3) is 0 Å². The molecular formula is C18H26N2O3. The number of nitrogens with one attached hydrogen (secondary N) is 1. The second-order valence-electron chi connectivity index (χ2n) is 6.63. The summed E-state index contributed by atoms with van der Waals surface area (Å²) in [5.41, 5.74) is 0.556. The number of hydrogen-bond donors (Lipinski definition) is 2. The molecule has 126 valence electrons. The minimum atomic E-state index is -0.615. The third kappa shape index (κ3) is 3.74. The Morgan fingerprint density at radius 3 is 2.96 bits per heavy atom. The molecule has 23 heavy (non-hydrogen) atoms. The van der Waals surface area contributed by atoms with Gasteiger partial charge in [-0.1, -0.05) is 30.3 Å². The lowest BCUT2D eigenvalue weighted by molar-refractivity contribution is -0.149. The van der Waals surface area contributed by atoms with Crippen molar-refractivity contribution in [1.29, 1.82) is 0 Å². The lowest BCUT2D eigenvalue weighted by Crippen LogP contribution is -2.61. The molecule has 2 atom stereocenters. The first-order valence-electron chi connectivity index (χ1n) is 8.51. The van der Waals surface area contributed by atoms with Gasteiger partial charge in [-0.05, 0) is 24.8 Å². The van der Waals surface area contributed by atoms with Gasteiger partial charge in [0.1, 0.15) is 0 Å². The molecule has 1 amide bonds. The fourth-order valence-corrected chi connectivity index (χ4v) is 3.68. The molecule has 2 aliphatic rings. The molecule has 2 heterocycles. The van der Waals surface area contributed by atoms with E-state index in [2.05, 4.69) is 22.3 Å². The van der Waals surface area contributed by atoms with Gasteiger partial charge < -0.3 is 15.2 Å². The Hall–Kier alpha value is -1.43. The van der Waals surface area contributed by atoms with Crippen molar-refractivity contribution < 1.29 is 14.6 Å². The second-order valence-corrected chi connectivity index (χ2v) is 6.63. The molecule has 5 heteroatoms. The molecule has 3 rings (SSSR count). The van der Waals surface area contributed by atoms with Gasteiger partial charge in [0.15, 0.2) is 0 Å². The molecule has 0 aromatic heterocycles. The molecule has 0 aliphatic carbocycles. The summed E-state index contributed by atoms with van der Waals surface area (Å²) in [6.45, 7) is 4.24. The van der Waals surface area contributed by atoms with Crippen LogP contribution >= 0.6 is 0 Å². The fraction of sp³-hybridized carbons (Fsp3) is 0.611. The number of aliphatic hydroxyl groups excluding tert-OH is 1. The zero-order valence-electron chi connectivity index (χ0n) is 13.5. The maximum Gasteiger partial charge on any atom is 0.230 e. The lowest BCUT2D eigenvalue weighted by atomic mass is 9.71. The van der Waals surface area contributed by atoms with Crippen LogP contribution < -0.4 is 5.32 Å². The molecular weight excluding hydrogens is 292 g/mol. The molecule has 0 unspecified atom stereocenters. The number of piperidine rings is 2. The van der Waals surface area contributed by atoms with Crippen molar-refractivity contribution in [3.8, 4) is 0 Å². The molecule has 0 radical (unpaired) electrons. The number of rotatable bonds is 5. The minimum absolute atomic E-state index is 0.0196. The predicted octanol–water partition coefficient (Wildman–Crippen LogP) is 1.17. The van der Waals surface area contributed by atoms with Crippen molar-refractivity contribution >= 4 is 5.91 Å².